The second-order valence-electron chi connectivity index (χ2n) is 50.6. The molecule has 0 aromatic rings. The van der Waals surface area contributed by atoms with Gasteiger partial charge in [-0.1, -0.05) is 77.0 Å². The molecule has 795 valence electrons. The van der Waals surface area contributed by atoms with Crippen LogP contribution in [-0.2, 0) is 61.2 Å². The van der Waals surface area contributed by atoms with Crippen molar-refractivity contribution in [2.24, 2.45) is 187 Å². The summed E-state index contributed by atoms with van der Waals surface area (Å²) in [4.78, 5) is 24.0. The van der Waals surface area contributed by atoms with Gasteiger partial charge in [0.15, 0.2) is 0 Å². The van der Waals surface area contributed by atoms with E-state index in [0.717, 1.165) is 207 Å². The first-order valence-electron chi connectivity index (χ1n) is 56.4. The van der Waals surface area contributed by atoms with Crippen molar-refractivity contribution in [2.45, 2.75) is 415 Å². The van der Waals surface area contributed by atoms with Crippen LogP contribution in [0.3, 0.4) is 0 Å². The van der Waals surface area contributed by atoms with E-state index in [1.54, 1.807) is 35.5 Å². The largest absolute Gasteiger partial charge is 1.00 e. The third kappa shape index (κ3) is 29.3. The molecular formula is C114H193B5FIO11S7UV. The number of rotatable bonds is 11. The molecule has 1 aliphatic heterocycles. The molecule has 20 aliphatic carbocycles. The summed E-state index contributed by atoms with van der Waals surface area (Å²) in [5.74, 6) is 23.9. The maximum Gasteiger partial charge on any atom is 0 e. The number of hydrogen-bond donors (Lipinski definition) is 5. The summed E-state index contributed by atoms with van der Waals surface area (Å²) in [7, 11) is -1.42. The normalized spacial score (nSPS) is 45.4. The average Bonchev–Trinajstić information content (AvgIpc) is 1.53. The standard InChI is InChI=1S/C23H40O3.C23H38O3.C23H38O2.C21H32O.C20H30O.C3H9OS.CH4.BFS.BHS2.BHS.2BS.HI.U.V/c2*1-4-26-14-23(25)12-10-17-16(13-23)5-6-19-18(17)9-11-22(3)20(15(2)24)7-8-21(19)22;1-4-17-7-9-21-20-8-6-16-14-23(24,15-25-5-2)13-11-18(16)19(20)10-12-22(17,21)3;1-3-15-5-7-19-18-6-4-14-12-21(13-22-21)11-9-16(14)17(18)8-10-20(15,19)2;1-3-14-5-9-19-18-7-4-13-12-15(21)6-8-16(13)17(18)10-11-20(14,19)2;1-5(2,3)4;;2*2-1-3;3*1-2;;;/h15-21,24-25H,4-14H2,1-3H3;16-21,25H,4-14H2,1-3H3;4,16,18-21,24H,5-15H2,1-3H3;3,14,16-19H,4-13H2,1-2H3;3,13,16-19H,4-12H2,1-2H3;1-3H3;1H4;;2H;1H;;;1H;;/q;;;;;+1;;;;;;;;;/p-1/t15?,16-,17-,18+,19+,20?,21-,22+,23+;16-,17-,18+,19+,20+,21-,22+,23+;16-,18-,19+,20+,21-,22+,23+;14-,16-,17+,18+,19-,20+,21?;13-,16-,17+,18+,19-,20+;;;;;;;;;;/m00000........../s1/i;;;;;;;;;1T;;;;;. The number of thiol groups is 1. The second kappa shape index (κ2) is 57.6. The fourth-order valence-electron chi connectivity index (χ4n) is 38.6. The van der Waals surface area contributed by atoms with Crippen molar-refractivity contribution in [3.63, 3.8) is 0 Å². The van der Waals surface area contributed by atoms with E-state index in [1.165, 1.54) is 237 Å². The molecular weight excluding hydrogens is 2260 g/mol. The summed E-state index contributed by atoms with van der Waals surface area (Å²) >= 11 is 22.3. The van der Waals surface area contributed by atoms with Crippen LogP contribution in [0.5, 0.6) is 0 Å². The molecule has 1 spiro atoms. The van der Waals surface area contributed by atoms with Gasteiger partial charge in [0, 0.05) is 88.2 Å². The maximum atomic E-state index is 12.2. The first-order chi connectivity index (χ1) is 65.8. The van der Waals surface area contributed by atoms with Gasteiger partial charge in [0.05, 0.1) is 64.9 Å². The number of allylic oxidation sites excluding steroid dienone is 6. The van der Waals surface area contributed by atoms with Crippen LogP contribution in [0.25, 0.3) is 0 Å². The summed E-state index contributed by atoms with van der Waals surface area (Å²) in [6.07, 6.45) is 70.0. The number of carbonyl (C=O) groups excluding carboxylic acids is 2. The van der Waals surface area contributed by atoms with Gasteiger partial charge in [-0.05, 0) is 512 Å². The monoisotopic (exact) mass is 2450 g/mol. The maximum absolute atomic E-state index is 12.2. The SMILES string of the molecule is C.CC=C1CC[C@H]2[C@@H]3CC[C@H]4CC(=O)CC[C@@H]4[C@H]3CC[C@]12C.CC=C1CC[C@H]2[C@@H]3CC[C@H]4CC5(CC[C@@H]4[C@H]3CC[C@]12C)CO5.CC=C1CC[C@H]2[C@@H]3CC[C@H]4C[C@@](O)(COCC)CC[C@@H]4[C@H]3CC[C@]12C.CCOC[C@@]1(O)CC[C@H]2[C@@H](CC[C@@H]3[C@@H]2CC[C@]2(C)C(C(C)O)CC[C@@H]32)C1.CCOC[C@@]1(O)CC[C@H]2[C@@H](CC[C@@H]3[C@@H]2CC[C@]2(C)[C@@H](C(C)=O)CC[C@@H]32)C1.C[S+](C)(C)=O.FB=S.S=BS.[3H]B=S.[B]=S.[B]=S.[I-].[U].[V]. The number of hydrogen-bond acceptors (Lipinski definition) is 16. The minimum atomic E-state index is -1.42. The molecule has 1 saturated heterocycles. The van der Waals surface area contributed by atoms with E-state index in [4.69, 9.17) is 20.3 Å². The number of Topliss-reactive ketones (excluding diaryl/α,β-unsaturated/α-hetero) is 2. The van der Waals surface area contributed by atoms with Gasteiger partial charge in [0.2, 0.25) is 0 Å². The van der Waals surface area contributed by atoms with Crippen molar-refractivity contribution in [3.05, 3.63) is 34.9 Å². The number of aliphatic hydroxyl groups is 4. The van der Waals surface area contributed by atoms with Crippen molar-refractivity contribution < 1.29 is 131 Å². The zero-order valence-corrected chi connectivity index (χ0v) is 103. The molecule has 27 heteroatoms. The predicted molar refractivity (Wildman–Crippen MR) is 595 cm³/mol. The fourth-order valence-corrected chi connectivity index (χ4v) is 38.6. The number of ketones is 2. The van der Waals surface area contributed by atoms with Crippen LogP contribution in [0, 0.1) is 218 Å². The number of fused-ring (bicyclic) bond motifs is 25. The Morgan fingerprint density at radius 3 is 1.10 bits per heavy atom. The van der Waals surface area contributed by atoms with Crippen molar-refractivity contribution in [2.75, 3.05) is 65.0 Å². The molecule has 3 unspecified atom stereocenters. The molecule has 0 amide bonds. The predicted octanol–water partition coefficient (Wildman–Crippen LogP) is 24.8. The van der Waals surface area contributed by atoms with Crippen LogP contribution in [-0.4, -0.2) is 159 Å². The Morgan fingerprint density at radius 2 is 0.780 bits per heavy atom. The van der Waals surface area contributed by atoms with Gasteiger partial charge in [-0.25, -0.2) is 0 Å². The Labute approximate surface area is 950 Å². The van der Waals surface area contributed by atoms with Crippen LogP contribution in [0.1, 0.15) is 386 Å². The Kier molecular flexibility index (Phi) is 52.5. The Bertz CT molecular complexity index is 4090. The van der Waals surface area contributed by atoms with Crippen molar-refractivity contribution >= 4 is 126 Å². The van der Waals surface area contributed by atoms with Crippen LogP contribution in [0.15, 0.2) is 34.9 Å². The molecule has 0 aromatic heterocycles. The zero-order chi connectivity index (χ0) is 101. The van der Waals surface area contributed by atoms with Gasteiger partial charge < -0.3 is 63.4 Å². The molecule has 4 N–H and O–H groups in total. The molecule has 21 rings (SSSR count). The first-order valence-corrected chi connectivity index (χ1v) is 61.5. The van der Waals surface area contributed by atoms with Crippen LogP contribution in [0.2, 0.25) is 0 Å². The van der Waals surface area contributed by atoms with E-state index in [9.17, 15) is 38.5 Å². The molecule has 21 aliphatic rings. The van der Waals surface area contributed by atoms with E-state index < -0.39 is 26.7 Å². The van der Waals surface area contributed by atoms with Crippen molar-refractivity contribution in [1.82, 2.24) is 0 Å². The summed E-state index contributed by atoms with van der Waals surface area (Å²) in [6, 6.07) is 0. The quantitative estimate of drug-likeness (QED) is 0.0330. The van der Waals surface area contributed by atoms with Crippen LogP contribution >= 0.6 is 72.8 Å². The molecule has 3 radical (unpaired) electrons. The third-order valence-corrected chi connectivity index (χ3v) is 44.2. The minimum absolute atomic E-state index is 0. The Hall–Kier alpha value is 2.46. The number of aliphatic hydroxyl groups excluding tert-OH is 1. The molecule has 11 nitrogen and oxygen atoms in total. The number of epoxide rings is 1. The average molecular weight is 2460 g/mol. The fraction of sp³-hybridized carbons (Fsp3) is 0.930. The zero-order valence-electron chi connectivity index (χ0n) is 90.8. The van der Waals surface area contributed by atoms with E-state index in [0.29, 0.717) is 102 Å². The third-order valence-electron chi connectivity index (χ3n) is 44.2. The van der Waals surface area contributed by atoms with E-state index in [2.05, 4.69) is 160 Å². The second-order valence-corrected chi connectivity index (χ2v) is 55.1. The molecule has 37 atom stereocenters. The van der Waals surface area contributed by atoms with E-state index in [1.807, 2.05) is 34.6 Å². The molecule has 1 heterocycles. The van der Waals surface area contributed by atoms with Crippen molar-refractivity contribution in [3.8, 4) is 0 Å². The number of ether oxygens (including phenoxy) is 4. The van der Waals surface area contributed by atoms with Gasteiger partial charge in [-0.2, -0.15) is 0 Å². The van der Waals surface area contributed by atoms with Crippen LogP contribution < -0.4 is 24.0 Å². The van der Waals surface area contributed by atoms with Gasteiger partial charge in [-0.15, -0.1) is 4.21 Å². The first kappa shape index (κ1) is 129. The Morgan fingerprint density at radius 1 is 0.496 bits per heavy atom. The molecule has 20 saturated carbocycles. The topological polar surface area (TPSA) is 172 Å². The summed E-state index contributed by atoms with van der Waals surface area (Å²) in [6.45, 7) is 43.1. The van der Waals surface area contributed by atoms with E-state index >= 15 is 0 Å². The van der Waals surface area contributed by atoms with E-state index in [-0.39, 0.29) is 99.0 Å². The van der Waals surface area contributed by atoms with Gasteiger partial charge >= 0.3 is 110 Å². The smallest absolute Gasteiger partial charge is 0 e. The van der Waals surface area contributed by atoms with Crippen molar-refractivity contribution in [1.29, 1.82) is 1.34 Å². The molecule has 141 heavy (non-hydrogen) atoms. The molecule has 0 bridgehead atoms. The van der Waals surface area contributed by atoms with Crippen LogP contribution in [0.4, 0.5) is 4.32 Å². The summed E-state index contributed by atoms with van der Waals surface area (Å²) in [5, 5.41) is 43.2. The minimum Gasteiger partial charge on any atom is -1.00 e. The molecule has 21 fully saturated rings. The summed E-state index contributed by atoms with van der Waals surface area (Å²) < 4.78 is 48.7. The van der Waals surface area contributed by atoms with Gasteiger partial charge in [-0.3, -0.25) is 9.59 Å². The van der Waals surface area contributed by atoms with Gasteiger partial charge in [0.25, 0.3) is 0 Å². The van der Waals surface area contributed by atoms with Gasteiger partial charge in [0.1, 0.15) is 30.3 Å². The summed E-state index contributed by atoms with van der Waals surface area (Å²) in [5.41, 5.74) is 7.50. The Balaban J connectivity index is 0.000000230. The molecule has 0 aromatic carbocycles. The number of carbonyl (C=O) groups is 2. The number of halogens is 2.